The van der Waals surface area contributed by atoms with Crippen LogP contribution in [0.25, 0.3) is 10.8 Å². The maximum Gasteiger partial charge on any atom is 0.223 e. The van der Waals surface area contributed by atoms with Crippen LogP contribution in [-0.2, 0) is 16.1 Å². The molecule has 3 heterocycles. The van der Waals surface area contributed by atoms with Gasteiger partial charge in [-0.25, -0.2) is 0 Å². The fraction of sp³-hybridized carbons (Fsp3) is 0.444. The standard InChI is InChI=1S/C27H33N5O4/c1-34-23-8-7-19(17-24(23)35-2)18-28-27(33)20-9-11-31(12-10-20)25-21-5-3-4-6-22(21)26(30-29-25)32-13-15-36-16-14-32/h3-8,17,20H,9-16,18H2,1-2H3,(H,28,33). The number of hydrogen-bond acceptors (Lipinski definition) is 8. The number of fused-ring (bicyclic) bond motifs is 1. The molecule has 190 valence electrons. The molecule has 36 heavy (non-hydrogen) atoms. The van der Waals surface area contributed by atoms with Crippen LogP contribution in [-0.4, -0.2) is 69.7 Å². The monoisotopic (exact) mass is 491 g/mol. The Morgan fingerprint density at radius 2 is 1.53 bits per heavy atom. The van der Waals surface area contributed by atoms with E-state index in [4.69, 9.17) is 14.2 Å². The summed E-state index contributed by atoms with van der Waals surface area (Å²) >= 11 is 0. The summed E-state index contributed by atoms with van der Waals surface area (Å²) in [4.78, 5) is 17.4. The van der Waals surface area contributed by atoms with Gasteiger partial charge in [0.1, 0.15) is 0 Å². The first kappa shape index (κ1) is 24.1. The lowest BCUT2D eigenvalue weighted by atomic mass is 9.95. The fourth-order valence-corrected chi connectivity index (χ4v) is 5.00. The minimum Gasteiger partial charge on any atom is -0.493 e. The van der Waals surface area contributed by atoms with Crippen molar-refractivity contribution >= 4 is 28.3 Å². The van der Waals surface area contributed by atoms with Crippen molar-refractivity contribution in [1.29, 1.82) is 0 Å². The average molecular weight is 492 g/mol. The summed E-state index contributed by atoms with van der Waals surface area (Å²) in [6.07, 6.45) is 1.55. The van der Waals surface area contributed by atoms with Gasteiger partial charge >= 0.3 is 0 Å². The molecule has 0 saturated carbocycles. The minimum absolute atomic E-state index is 0.0201. The van der Waals surface area contributed by atoms with Crippen LogP contribution < -0.4 is 24.6 Å². The van der Waals surface area contributed by atoms with Crippen molar-refractivity contribution in [2.45, 2.75) is 19.4 Å². The third-order valence-electron chi connectivity index (χ3n) is 7.04. The largest absolute Gasteiger partial charge is 0.493 e. The molecule has 1 aromatic heterocycles. The van der Waals surface area contributed by atoms with Crippen molar-refractivity contribution in [2.24, 2.45) is 5.92 Å². The molecule has 1 amide bonds. The lowest BCUT2D eigenvalue weighted by Crippen LogP contribution is -2.41. The highest BCUT2D eigenvalue weighted by Crippen LogP contribution is 2.33. The second kappa shape index (κ2) is 11.0. The van der Waals surface area contributed by atoms with Gasteiger partial charge in [-0.15, -0.1) is 10.2 Å². The average Bonchev–Trinajstić information content (AvgIpc) is 2.95. The normalized spacial score (nSPS) is 16.7. The lowest BCUT2D eigenvalue weighted by molar-refractivity contribution is -0.125. The highest BCUT2D eigenvalue weighted by Gasteiger charge is 2.27. The molecule has 3 aromatic rings. The Balaban J connectivity index is 1.22. The number of amides is 1. The van der Waals surface area contributed by atoms with Crippen molar-refractivity contribution in [3.05, 3.63) is 48.0 Å². The molecular formula is C27H33N5O4. The summed E-state index contributed by atoms with van der Waals surface area (Å²) in [6.45, 7) is 5.05. The van der Waals surface area contributed by atoms with E-state index in [2.05, 4.69) is 37.4 Å². The first-order valence-electron chi connectivity index (χ1n) is 12.5. The summed E-state index contributed by atoms with van der Waals surface area (Å²) in [5, 5.41) is 14.6. The van der Waals surface area contributed by atoms with Crippen molar-refractivity contribution in [2.75, 3.05) is 63.4 Å². The van der Waals surface area contributed by atoms with E-state index in [1.54, 1.807) is 14.2 Å². The third kappa shape index (κ3) is 5.02. The number of benzene rings is 2. The van der Waals surface area contributed by atoms with Crippen LogP contribution in [0.4, 0.5) is 11.6 Å². The Bertz CT molecular complexity index is 1210. The number of rotatable bonds is 7. The van der Waals surface area contributed by atoms with Gasteiger partial charge in [0.15, 0.2) is 23.1 Å². The molecule has 1 N–H and O–H groups in total. The van der Waals surface area contributed by atoms with Gasteiger partial charge in [-0.05, 0) is 30.5 Å². The quantitative estimate of drug-likeness (QED) is 0.540. The van der Waals surface area contributed by atoms with E-state index in [1.165, 1.54) is 0 Å². The van der Waals surface area contributed by atoms with Crippen molar-refractivity contribution in [3.63, 3.8) is 0 Å². The zero-order valence-corrected chi connectivity index (χ0v) is 20.9. The van der Waals surface area contributed by atoms with Gasteiger partial charge in [-0.3, -0.25) is 4.79 Å². The van der Waals surface area contributed by atoms with Crippen LogP contribution in [0, 0.1) is 5.92 Å². The predicted octanol–water partition coefficient (Wildman–Crippen LogP) is 3.02. The van der Waals surface area contributed by atoms with E-state index in [-0.39, 0.29) is 11.8 Å². The number of anilines is 2. The molecule has 5 rings (SSSR count). The summed E-state index contributed by atoms with van der Waals surface area (Å²) in [6, 6.07) is 14.0. The molecule has 9 heteroatoms. The SMILES string of the molecule is COc1ccc(CNC(=O)C2CCN(c3nnc(N4CCOCC4)c4ccccc34)CC2)cc1OC. The van der Waals surface area contributed by atoms with Gasteiger partial charge in [0.05, 0.1) is 27.4 Å². The van der Waals surface area contributed by atoms with E-state index in [1.807, 2.05) is 30.3 Å². The van der Waals surface area contributed by atoms with Crippen LogP contribution >= 0.6 is 0 Å². The highest BCUT2D eigenvalue weighted by atomic mass is 16.5. The Morgan fingerprint density at radius 3 is 2.14 bits per heavy atom. The number of carbonyl (C=O) groups excluding carboxylic acids is 1. The van der Waals surface area contributed by atoms with Crippen LogP contribution in [0.5, 0.6) is 11.5 Å². The summed E-state index contributed by atoms with van der Waals surface area (Å²) in [7, 11) is 3.22. The molecule has 2 aromatic carbocycles. The van der Waals surface area contributed by atoms with Crippen LogP contribution in [0.2, 0.25) is 0 Å². The lowest BCUT2D eigenvalue weighted by Gasteiger charge is -2.33. The topological polar surface area (TPSA) is 89.0 Å². The number of carbonyl (C=O) groups is 1. The minimum atomic E-state index is -0.0201. The molecule has 2 aliphatic heterocycles. The van der Waals surface area contributed by atoms with Crippen LogP contribution in [0.1, 0.15) is 18.4 Å². The Hall–Kier alpha value is -3.59. The molecule has 2 fully saturated rings. The van der Waals surface area contributed by atoms with Crippen molar-refractivity contribution < 1.29 is 19.0 Å². The smallest absolute Gasteiger partial charge is 0.223 e. The summed E-state index contributed by atoms with van der Waals surface area (Å²) in [5.74, 6) is 3.21. The van der Waals surface area contributed by atoms with Gasteiger partial charge in [0.2, 0.25) is 5.91 Å². The Kier molecular flexibility index (Phi) is 7.36. The molecular weight excluding hydrogens is 458 g/mol. The number of methoxy groups -OCH3 is 2. The maximum absolute atomic E-state index is 12.9. The van der Waals surface area contributed by atoms with Crippen LogP contribution in [0.15, 0.2) is 42.5 Å². The number of nitrogens with one attached hydrogen (secondary N) is 1. The third-order valence-corrected chi connectivity index (χ3v) is 7.04. The van der Waals surface area contributed by atoms with E-state index in [0.29, 0.717) is 31.3 Å². The summed E-state index contributed by atoms with van der Waals surface area (Å²) in [5.41, 5.74) is 0.973. The van der Waals surface area contributed by atoms with Gasteiger partial charge < -0.3 is 29.3 Å². The van der Waals surface area contributed by atoms with E-state index >= 15 is 0 Å². The molecule has 2 aliphatic rings. The first-order valence-corrected chi connectivity index (χ1v) is 12.5. The molecule has 0 radical (unpaired) electrons. The molecule has 9 nitrogen and oxygen atoms in total. The Morgan fingerprint density at radius 1 is 0.917 bits per heavy atom. The second-order valence-corrected chi connectivity index (χ2v) is 9.16. The van der Waals surface area contributed by atoms with Crippen LogP contribution in [0.3, 0.4) is 0 Å². The molecule has 0 unspecified atom stereocenters. The zero-order chi connectivity index (χ0) is 24.9. The molecule has 2 saturated heterocycles. The zero-order valence-electron chi connectivity index (χ0n) is 20.9. The predicted molar refractivity (Wildman–Crippen MR) is 139 cm³/mol. The van der Waals surface area contributed by atoms with Gasteiger partial charge in [0, 0.05) is 49.4 Å². The second-order valence-electron chi connectivity index (χ2n) is 9.16. The van der Waals surface area contributed by atoms with E-state index in [0.717, 1.165) is 67.0 Å². The molecule has 0 bridgehead atoms. The summed E-state index contributed by atoms with van der Waals surface area (Å²) < 4.78 is 16.2. The van der Waals surface area contributed by atoms with E-state index in [9.17, 15) is 4.79 Å². The van der Waals surface area contributed by atoms with Gasteiger partial charge in [-0.1, -0.05) is 30.3 Å². The fourth-order valence-electron chi connectivity index (χ4n) is 5.00. The van der Waals surface area contributed by atoms with E-state index < -0.39 is 0 Å². The number of hydrogen-bond donors (Lipinski definition) is 1. The maximum atomic E-state index is 12.9. The number of piperidine rings is 1. The number of ether oxygens (including phenoxy) is 3. The van der Waals surface area contributed by atoms with Gasteiger partial charge in [0.25, 0.3) is 0 Å². The molecule has 0 spiro atoms. The van der Waals surface area contributed by atoms with Crippen molar-refractivity contribution in [3.8, 4) is 11.5 Å². The molecule has 0 atom stereocenters. The first-order chi connectivity index (χ1) is 17.7. The van der Waals surface area contributed by atoms with Gasteiger partial charge in [-0.2, -0.15) is 0 Å². The highest BCUT2D eigenvalue weighted by molar-refractivity contribution is 5.99. The number of morpholine rings is 1. The number of nitrogens with zero attached hydrogens (tertiary/aromatic N) is 4. The molecule has 0 aliphatic carbocycles. The van der Waals surface area contributed by atoms with Crippen molar-refractivity contribution in [1.82, 2.24) is 15.5 Å². The number of aromatic nitrogens is 2. The Labute approximate surface area is 211 Å².